The van der Waals surface area contributed by atoms with E-state index in [4.69, 9.17) is 0 Å². The predicted octanol–water partition coefficient (Wildman–Crippen LogP) is 3.71. The molecule has 1 amide bonds. The highest BCUT2D eigenvalue weighted by Gasteiger charge is 2.07. The van der Waals surface area contributed by atoms with Gasteiger partial charge in [0.25, 0.3) is 0 Å². The second kappa shape index (κ2) is 7.48. The molecule has 0 unspecified atom stereocenters. The number of nitrogens with zero attached hydrogens (tertiary/aromatic N) is 1. The van der Waals surface area contributed by atoms with Gasteiger partial charge in [0.2, 0.25) is 5.91 Å². The predicted molar refractivity (Wildman–Crippen MR) is 88.8 cm³/mol. The van der Waals surface area contributed by atoms with Gasteiger partial charge in [-0.2, -0.15) is 0 Å². The third kappa shape index (κ3) is 4.35. The summed E-state index contributed by atoms with van der Waals surface area (Å²) in [5.74, 6) is 0.0543. The average Bonchev–Trinajstić information content (AvgIpc) is 2.54. The van der Waals surface area contributed by atoms with Gasteiger partial charge in [0.15, 0.2) is 0 Å². The lowest BCUT2D eigenvalue weighted by molar-refractivity contribution is -0.116. The Balaban J connectivity index is 1.88. The minimum Gasteiger partial charge on any atom is -0.374 e. The number of para-hydroxylation sites is 2. The van der Waals surface area contributed by atoms with Crippen molar-refractivity contribution in [2.75, 3.05) is 23.8 Å². The lowest BCUT2D eigenvalue weighted by atomic mass is 10.1. The highest BCUT2D eigenvalue weighted by molar-refractivity contribution is 5.91. The summed E-state index contributed by atoms with van der Waals surface area (Å²) in [6.07, 6.45) is 1.39. The Kier molecular flexibility index (Phi) is 5.38. The van der Waals surface area contributed by atoms with Gasteiger partial charge in [0.05, 0.1) is 0 Å². The second-order valence-electron chi connectivity index (χ2n) is 5.07. The Morgan fingerprint density at radius 3 is 2.43 bits per heavy atom. The first-order chi connectivity index (χ1) is 10.2. The third-order valence-electron chi connectivity index (χ3n) is 3.54. The molecule has 0 bridgehead atoms. The molecular formula is C18H22N2O. The van der Waals surface area contributed by atoms with Gasteiger partial charge in [-0.1, -0.05) is 43.3 Å². The third-order valence-corrected chi connectivity index (χ3v) is 3.54. The lowest BCUT2D eigenvalue weighted by Gasteiger charge is -2.19. The summed E-state index contributed by atoms with van der Waals surface area (Å²) in [6, 6.07) is 18.0. The zero-order chi connectivity index (χ0) is 15.1. The van der Waals surface area contributed by atoms with E-state index in [0.717, 1.165) is 17.8 Å². The van der Waals surface area contributed by atoms with E-state index in [9.17, 15) is 4.79 Å². The van der Waals surface area contributed by atoms with E-state index in [0.29, 0.717) is 13.0 Å². The van der Waals surface area contributed by atoms with Crippen molar-refractivity contribution in [3.8, 4) is 0 Å². The van der Waals surface area contributed by atoms with Gasteiger partial charge in [0, 0.05) is 31.4 Å². The topological polar surface area (TPSA) is 32.3 Å². The first kappa shape index (κ1) is 15.1. The number of amides is 1. The largest absolute Gasteiger partial charge is 0.374 e. The van der Waals surface area contributed by atoms with Crippen molar-refractivity contribution in [2.24, 2.45) is 0 Å². The van der Waals surface area contributed by atoms with Crippen molar-refractivity contribution in [1.82, 2.24) is 0 Å². The number of hydrogen-bond acceptors (Lipinski definition) is 2. The Bertz CT molecular complexity index is 581. The second-order valence-corrected chi connectivity index (χ2v) is 5.07. The lowest BCUT2D eigenvalue weighted by Crippen LogP contribution is -2.24. The molecule has 0 heterocycles. The van der Waals surface area contributed by atoms with Crippen LogP contribution in [0.15, 0.2) is 54.6 Å². The molecule has 3 heteroatoms. The SMILES string of the molecule is CCc1ccccc1NC(=O)CCN(C)c1ccccc1. The van der Waals surface area contributed by atoms with E-state index in [-0.39, 0.29) is 5.91 Å². The molecular weight excluding hydrogens is 260 g/mol. The molecule has 2 aromatic rings. The molecule has 0 aromatic heterocycles. The first-order valence-corrected chi connectivity index (χ1v) is 7.34. The summed E-state index contributed by atoms with van der Waals surface area (Å²) < 4.78 is 0. The molecule has 0 saturated heterocycles. The Labute approximate surface area is 126 Å². The molecule has 0 fully saturated rings. The van der Waals surface area contributed by atoms with Gasteiger partial charge in [-0.3, -0.25) is 4.79 Å². The number of aryl methyl sites for hydroxylation is 1. The van der Waals surface area contributed by atoms with E-state index < -0.39 is 0 Å². The van der Waals surface area contributed by atoms with Crippen LogP contribution in [0.4, 0.5) is 11.4 Å². The van der Waals surface area contributed by atoms with Crippen LogP contribution in [-0.4, -0.2) is 19.5 Å². The molecule has 1 N–H and O–H groups in total. The molecule has 110 valence electrons. The highest BCUT2D eigenvalue weighted by atomic mass is 16.1. The maximum atomic E-state index is 12.1. The number of carbonyl (C=O) groups excluding carboxylic acids is 1. The van der Waals surface area contributed by atoms with Gasteiger partial charge in [-0.25, -0.2) is 0 Å². The summed E-state index contributed by atoms with van der Waals surface area (Å²) in [7, 11) is 2.00. The van der Waals surface area contributed by atoms with E-state index >= 15 is 0 Å². The molecule has 0 spiro atoms. The van der Waals surface area contributed by atoms with Crippen LogP contribution < -0.4 is 10.2 Å². The fourth-order valence-electron chi connectivity index (χ4n) is 2.24. The fourth-order valence-corrected chi connectivity index (χ4v) is 2.24. The monoisotopic (exact) mass is 282 g/mol. The molecule has 0 aliphatic rings. The number of carbonyl (C=O) groups is 1. The van der Waals surface area contributed by atoms with E-state index in [2.05, 4.69) is 17.1 Å². The highest BCUT2D eigenvalue weighted by Crippen LogP contribution is 2.16. The van der Waals surface area contributed by atoms with E-state index in [1.165, 1.54) is 5.56 Å². The smallest absolute Gasteiger partial charge is 0.226 e. The Hall–Kier alpha value is -2.29. The van der Waals surface area contributed by atoms with Crippen LogP contribution in [0.1, 0.15) is 18.9 Å². The van der Waals surface area contributed by atoms with Crippen LogP contribution in [0.3, 0.4) is 0 Å². The van der Waals surface area contributed by atoms with Crippen molar-refractivity contribution in [3.63, 3.8) is 0 Å². The van der Waals surface area contributed by atoms with Crippen LogP contribution in [0.2, 0.25) is 0 Å². The fraction of sp³-hybridized carbons (Fsp3) is 0.278. The van der Waals surface area contributed by atoms with Crippen LogP contribution in [-0.2, 0) is 11.2 Å². The molecule has 0 aliphatic heterocycles. The number of rotatable bonds is 6. The average molecular weight is 282 g/mol. The van der Waals surface area contributed by atoms with Crippen LogP contribution in [0.5, 0.6) is 0 Å². The van der Waals surface area contributed by atoms with Crippen molar-refractivity contribution in [1.29, 1.82) is 0 Å². The number of benzene rings is 2. The van der Waals surface area contributed by atoms with Crippen molar-refractivity contribution < 1.29 is 4.79 Å². The Morgan fingerprint density at radius 2 is 1.71 bits per heavy atom. The van der Waals surface area contributed by atoms with E-state index in [1.54, 1.807) is 0 Å². The normalized spacial score (nSPS) is 10.2. The molecule has 0 saturated carbocycles. The zero-order valence-electron chi connectivity index (χ0n) is 12.7. The maximum Gasteiger partial charge on any atom is 0.226 e. The molecule has 21 heavy (non-hydrogen) atoms. The van der Waals surface area contributed by atoms with Crippen molar-refractivity contribution in [2.45, 2.75) is 19.8 Å². The van der Waals surface area contributed by atoms with Gasteiger partial charge >= 0.3 is 0 Å². The number of hydrogen-bond donors (Lipinski definition) is 1. The van der Waals surface area contributed by atoms with Crippen LogP contribution in [0.25, 0.3) is 0 Å². The molecule has 0 aliphatic carbocycles. The summed E-state index contributed by atoms with van der Waals surface area (Å²) in [5, 5.41) is 3.00. The van der Waals surface area contributed by atoms with Gasteiger partial charge in [-0.05, 0) is 30.2 Å². The molecule has 0 radical (unpaired) electrons. The molecule has 2 rings (SSSR count). The maximum absolute atomic E-state index is 12.1. The van der Waals surface area contributed by atoms with Gasteiger partial charge in [-0.15, -0.1) is 0 Å². The first-order valence-electron chi connectivity index (χ1n) is 7.34. The summed E-state index contributed by atoms with van der Waals surface area (Å²) in [6.45, 7) is 2.79. The van der Waals surface area contributed by atoms with Crippen LogP contribution >= 0.6 is 0 Å². The molecule has 0 atom stereocenters. The number of nitrogens with one attached hydrogen (secondary N) is 1. The van der Waals surface area contributed by atoms with Crippen molar-refractivity contribution in [3.05, 3.63) is 60.2 Å². The standard InChI is InChI=1S/C18H22N2O/c1-3-15-9-7-8-12-17(15)19-18(21)13-14-20(2)16-10-5-4-6-11-16/h4-12H,3,13-14H2,1-2H3,(H,19,21). The van der Waals surface area contributed by atoms with E-state index in [1.807, 2.05) is 61.6 Å². The van der Waals surface area contributed by atoms with Crippen LogP contribution in [0, 0.1) is 0 Å². The number of anilines is 2. The molecule has 3 nitrogen and oxygen atoms in total. The summed E-state index contributed by atoms with van der Waals surface area (Å²) in [4.78, 5) is 14.2. The minimum absolute atomic E-state index is 0.0543. The van der Waals surface area contributed by atoms with Crippen molar-refractivity contribution >= 4 is 17.3 Å². The molecule has 2 aromatic carbocycles. The summed E-state index contributed by atoms with van der Waals surface area (Å²) >= 11 is 0. The quantitative estimate of drug-likeness (QED) is 0.876. The van der Waals surface area contributed by atoms with Gasteiger partial charge < -0.3 is 10.2 Å². The minimum atomic E-state index is 0.0543. The van der Waals surface area contributed by atoms with Gasteiger partial charge in [0.1, 0.15) is 0 Å². The Morgan fingerprint density at radius 1 is 1.05 bits per heavy atom. The zero-order valence-corrected chi connectivity index (χ0v) is 12.7. The summed E-state index contributed by atoms with van der Waals surface area (Å²) in [5.41, 5.74) is 3.22.